The van der Waals surface area contributed by atoms with Gasteiger partial charge in [-0.3, -0.25) is 4.72 Å². The van der Waals surface area contributed by atoms with Gasteiger partial charge in [0, 0.05) is 19.3 Å². The summed E-state index contributed by atoms with van der Waals surface area (Å²) in [4.78, 5) is 4.04. The Morgan fingerprint density at radius 1 is 1.24 bits per heavy atom. The van der Waals surface area contributed by atoms with Crippen LogP contribution in [-0.4, -0.2) is 27.6 Å². The highest BCUT2D eigenvalue weighted by molar-refractivity contribution is 7.92. The fraction of sp³-hybridized carbons (Fsp3) is 0.154. The van der Waals surface area contributed by atoms with Crippen molar-refractivity contribution >= 4 is 33.1 Å². The van der Waals surface area contributed by atoms with Gasteiger partial charge in [-0.1, -0.05) is 11.6 Å². The third-order valence-corrected chi connectivity index (χ3v) is 4.38. The van der Waals surface area contributed by atoms with Crippen molar-refractivity contribution in [3.8, 4) is 5.75 Å². The molecule has 0 saturated carbocycles. The molecule has 0 aliphatic heterocycles. The van der Waals surface area contributed by atoms with Crippen molar-refractivity contribution in [2.24, 2.45) is 0 Å². The first-order valence-corrected chi connectivity index (χ1v) is 7.82. The predicted molar refractivity (Wildman–Crippen MR) is 82.6 cm³/mol. The van der Waals surface area contributed by atoms with Gasteiger partial charge in [0.05, 0.1) is 17.8 Å². The lowest BCUT2D eigenvalue weighted by atomic mass is 10.3. The zero-order chi connectivity index (χ0) is 15.5. The van der Waals surface area contributed by atoms with Gasteiger partial charge < -0.3 is 10.1 Å². The lowest BCUT2D eigenvalue weighted by Gasteiger charge is -2.10. The summed E-state index contributed by atoms with van der Waals surface area (Å²) in [5.74, 6) is 0.975. The van der Waals surface area contributed by atoms with E-state index >= 15 is 0 Å². The van der Waals surface area contributed by atoms with Crippen LogP contribution >= 0.6 is 11.6 Å². The predicted octanol–water partition coefficient (Wildman–Crippen LogP) is 2.59. The summed E-state index contributed by atoms with van der Waals surface area (Å²) in [5, 5.41) is 3.22. The maximum absolute atomic E-state index is 12.2. The lowest BCUT2D eigenvalue weighted by molar-refractivity contribution is 0.415. The molecule has 2 aromatic rings. The average Bonchev–Trinajstić information content (AvgIpc) is 2.49. The van der Waals surface area contributed by atoms with Crippen LogP contribution in [0, 0.1) is 0 Å². The second kappa shape index (κ2) is 6.19. The normalized spacial score (nSPS) is 11.0. The molecule has 0 aliphatic rings. The van der Waals surface area contributed by atoms with E-state index in [2.05, 4.69) is 15.0 Å². The maximum atomic E-state index is 12.2. The number of aromatic nitrogens is 1. The highest BCUT2D eigenvalue weighted by Gasteiger charge is 2.15. The number of benzene rings is 1. The number of hydrogen-bond acceptors (Lipinski definition) is 5. The summed E-state index contributed by atoms with van der Waals surface area (Å²) in [7, 11) is -0.554. The Kier molecular flexibility index (Phi) is 4.54. The van der Waals surface area contributed by atoms with E-state index < -0.39 is 10.0 Å². The summed E-state index contributed by atoms with van der Waals surface area (Å²) in [5.41, 5.74) is 0.356. The lowest BCUT2D eigenvalue weighted by Crippen LogP contribution is -2.13. The first-order valence-electron chi connectivity index (χ1n) is 5.96. The molecule has 8 heteroatoms. The van der Waals surface area contributed by atoms with Gasteiger partial charge in [0.1, 0.15) is 16.5 Å². The minimum atomic E-state index is -3.72. The summed E-state index contributed by atoms with van der Waals surface area (Å²) >= 11 is 5.90. The summed E-state index contributed by atoms with van der Waals surface area (Å²) < 4.78 is 32.0. The fourth-order valence-corrected chi connectivity index (χ4v) is 2.81. The van der Waals surface area contributed by atoms with Gasteiger partial charge in [-0.05, 0) is 24.3 Å². The van der Waals surface area contributed by atoms with Crippen LogP contribution in [0.4, 0.5) is 11.5 Å². The molecule has 6 nitrogen and oxygen atoms in total. The summed E-state index contributed by atoms with van der Waals surface area (Å²) in [6, 6.07) is 7.67. The van der Waals surface area contributed by atoms with Crippen molar-refractivity contribution < 1.29 is 13.2 Å². The van der Waals surface area contributed by atoms with Gasteiger partial charge in [-0.25, -0.2) is 13.4 Å². The van der Waals surface area contributed by atoms with E-state index in [-0.39, 0.29) is 4.90 Å². The van der Waals surface area contributed by atoms with E-state index in [1.54, 1.807) is 25.2 Å². The van der Waals surface area contributed by atoms with Crippen LogP contribution in [0.3, 0.4) is 0 Å². The molecule has 0 unspecified atom stereocenters. The fourth-order valence-electron chi connectivity index (χ4n) is 1.62. The summed E-state index contributed by atoms with van der Waals surface area (Å²) in [6.45, 7) is 0. The van der Waals surface area contributed by atoms with E-state index in [0.29, 0.717) is 22.3 Å². The number of hydrogen-bond donors (Lipinski definition) is 2. The van der Waals surface area contributed by atoms with E-state index in [4.69, 9.17) is 16.3 Å². The van der Waals surface area contributed by atoms with Crippen LogP contribution in [0.25, 0.3) is 0 Å². The molecule has 2 N–H and O–H groups in total. The van der Waals surface area contributed by atoms with Crippen molar-refractivity contribution in [3.63, 3.8) is 0 Å². The molecule has 0 amide bonds. The van der Waals surface area contributed by atoms with Crippen LogP contribution < -0.4 is 14.8 Å². The molecule has 1 aromatic carbocycles. The van der Waals surface area contributed by atoms with Gasteiger partial charge in [0.15, 0.2) is 0 Å². The molecule has 0 saturated heterocycles. The number of halogens is 1. The Balaban J connectivity index is 2.28. The van der Waals surface area contributed by atoms with Crippen LogP contribution in [0.2, 0.25) is 5.02 Å². The SMILES string of the molecule is CNc1ccc(S(=O)(=O)Nc2ccc(Cl)c(OC)c2)cn1. The highest BCUT2D eigenvalue weighted by atomic mass is 35.5. The van der Waals surface area contributed by atoms with Crippen LogP contribution in [0.5, 0.6) is 5.75 Å². The second-order valence-corrected chi connectivity index (χ2v) is 6.17. The standard InChI is InChI=1S/C13H14ClN3O3S/c1-15-13-6-4-10(8-16-13)21(18,19)17-9-3-5-11(14)12(7-9)20-2/h3-8,17H,1-2H3,(H,15,16). The van der Waals surface area contributed by atoms with E-state index in [0.717, 1.165) is 0 Å². The summed E-state index contributed by atoms with van der Waals surface area (Å²) in [6.07, 6.45) is 1.28. The number of nitrogens with one attached hydrogen (secondary N) is 2. The highest BCUT2D eigenvalue weighted by Crippen LogP contribution is 2.28. The second-order valence-electron chi connectivity index (χ2n) is 4.08. The van der Waals surface area contributed by atoms with Gasteiger partial charge in [0.25, 0.3) is 10.0 Å². The van der Waals surface area contributed by atoms with Crippen molar-refractivity contribution in [1.82, 2.24) is 4.98 Å². The molecule has 21 heavy (non-hydrogen) atoms. The molecule has 0 fully saturated rings. The van der Waals surface area contributed by atoms with Crippen LogP contribution in [-0.2, 0) is 10.0 Å². The number of sulfonamides is 1. The Morgan fingerprint density at radius 2 is 2.00 bits per heavy atom. The van der Waals surface area contributed by atoms with E-state index in [9.17, 15) is 8.42 Å². The van der Waals surface area contributed by atoms with E-state index in [1.165, 1.54) is 25.4 Å². The third kappa shape index (κ3) is 3.56. The van der Waals surface area contributed by atoms with Crippen molar-refractivity contribution in [1.29, 1.82) is 0 Å². The zero-order valence-electron chi connectivity index (χ0n) is 11.4. The molecule has 0 spiro atoms. The van der Waals surface area contributed by atoms with Gasteiger partial charge in [-0.2, -0.15) is 0 Å². The van der Waals surface area contributed by atoms with Crippen LogP contribution in [0.15, 0.2) is 41.4 Å². The number of nitrogens with zero attached hydrogens (tertiary/aromatic N) is 1. The Labute approximate surface area is 128 Å². The minimum Gasteiger partial charge on any atom is -0.495 e. The largest absolute Gasteiger partial charge is 0.495 e. The molecule has 0 bridgehead atoms. The first-order chi connectivity index (χ1) is 9.96. The molecule has 0 aliphatic carbocycles. The molecular formula is C13H14ClN3O3S. The monoisotopic (exact) mass is 327 g/mol. The minimum absolute atomic E-state index is 0.0652. The number of pyridine rings is 1. The Hall–Kier alpha value is -1.99. The maximum Gasteiger partial charge on any atom is 0.263 e. The zero-order valence-corrected chi connectivity index (χ0v) is 13.0. The van der Waals surface area contributed by atoms with Gasteiger partial charge in [0.2, 0.25) is 0 Å². The average molecular weight is 328 g/mol. The number of methoxy groups -OCH3 is 1. The van der Waals surface area contributed by atoms with Crippen molar-refractivity contribution in [2.75, 3.05) is 24.2 Å². The topological polar surface area (TPSA) is 80.3 Å². The molecule has 0 atom stereocenters. The number of rotatable bonds is 5. The van der Waals surface area contributed by atoms with Gasteiger partial charge in [-0.15, -0.1) is 0 Å². The van der Waals surface area contributed by atoms with E-state index in [1.807, 2.05) is 0 Å². The smallest absolute Gasteiger partial charge is 0.263 e. The Bertz CT molecular complexity index is 733. The van der Waals surface area contributed by atoms with Crippen molar-refractivity contribution in [3.05, 3.63) is 41.6 Å². The molecule has 1 aromatic heterocycles. The first kappa shape index (κ1) is 15.4. The quantitative estimate of drug-likeness (QED) is 0.882. The molecule has 1 heterocycles. The van der Waals surface area contributed by atoms with Crippen molar-refractivity contribution in [2.45, 2.75) is 4.90 Å². The number of ether oxygens (including phenoxy) is 1. The molecule has 0 radical (unpaired) electrons. The molecule has 112 valence electrons. The Morgan fingerprint density at radius 3 is 2.57 bits per heavy atom. The molecule has 2 rings (SSSR count). The van der Waals surface area contributed by atoms with Gasteiger partial charge >= 0.3 is 0 Å². The molecular weight excluding hydrogens is 314 g/mol. The third-order valence-electron chi connectivity index (χ3n) is 2.71. The number of anilines is 2. The van der Waals surface area contributed by atoms with Crippen LogP contribution in [0.1, 0.15) is 0 Å².